The Bertz CT molecular complexity index is 403. The molecule has 0 aromatic heterocycles. The molecule has 21 heavy (non-hydrogen) atoms. The van der Waals surface area contributed by atoms with Crippen LogP contribution in [0.5, 0.6) is 0 Å². The fourth-order valence-electron chi connectivity index (χ4n) is 2.05. The molecular weight excluding hydrogens is 258 g/mol. The van der Waals surface area contributed by atoms with Crippen molar-refractivity contribution in [2.24, 2.45) is 10.7 Å². The molecule has 0 aliphatic rings. The molecule has 0 spiro atoms. The van der Waals surface area contributed by atoms with E-state index in [0.29, 0.717) is 0 Å². The third-order valence-electron chi connectivity index (χ3n) is 3.21. The molecule has 0 saturated heterocycles. The van der Waals surface area contributed by atoms with Crippen LogP contribution in [0.15, 0.2) is 53.3 Å². The second kappa shape index (κ2) is 12.0. The van der Waals surface area contributed by atoms with Crippen LogP contribution in [-0.2, 0) is 0 Å². The number of aliphatic imine (C=N–C) groups is 1. The van der Waals surface area contributed by atoms with E-state index in [2.05, 4.69) is 36.9 Å². The molecule has 2 N–H and O–H groups in total. The molecular formula is C18H31N3. The van der Waals surface area contributed by atoms with Gasteiger partial charge < -0.3 is 10.6 Å². The van der Waals surface area contributed by atoms with Gasteiger partial charge in [0.25, 0.3) is 0 Å². The lowest BCUT2D eigenvalue weighted by Crippen LogP contribution is -2.27. The van der Waals surface area contributed by atoms with Crippen LogP contribution in [0.2, 0.25) is 0 Å². The Hall–Kier alpha value is -1.77. The van der Waals surface area contributed by atoms with E-state index in [1.165, 1.54) is 5.57 Å². The average molecular weight is 289 g/mol. The molecule has 118 valence electrons. The highest BCUT2D eigenvalue weighted by Crippen LogP contribution is 2.13. The van der Waals surface area contributed by atoms with Crippen LogP contribution < -0.4 is 5.73 Å². The van der Waals surface area contributed by atoms with Crippen molar-refractivity contribution in [1.82, 2.24) is 4.90 Å². The summed E-state index contributed by atoms with van der Waals surface area (Å²) in [6, 6.07) is 0. The summed E-state index contributed by atoms with van der Waals surface area (Å²) in [6.07, 6.45) is 10.5. The molecule has 0 fully saturated rings. The van der Waals surface area contributed by atoms with Gasteiger partial charge in [-0.15, -0.1) is 0 Å². The number of allylic oxidation sites excluding steroid dienone is 4. The van der Waals surface area contributed by atoms with Crippen LogP contribution in [0.3, 0.4) is 0 Å². The molecule has 0 bridgehead atoms. The third kappa shape index (κ3) is 8.18. The summed E-state index contributed by atoms with van der Waals surface area (Å²) >= 11 is 0. The molecule has 0 amide bonds. The van der Waals surface area contributed by atoms with Crippen molar-refractivity contribution < 1.29 is 0 Å². The number of nitrogens with two attached hydrogens (primary N) is 1. The fraction of sp³-hybridized carbons (Fsp3) is 0.500. The van der Waals surface area contributed by atoms with E-state index in [-0.39, 0.29) is 0 Å². The zero-order valence-electron chi connectivity index (χ0n) is 13.9. The molecule has 0 rings (SSSR count). The SMILES string of the molecule is C=C/C(=C\C=NCCCN(CCC)/C(=C\N)C(=C)C)CC. The van der Waals surface area contributed by atoms with Crippen molar-refractivity contribution in [1.29, 1.82) is 0 Å². The van der Waals surface area contributed by atoms with Gasteiger partial charge >= 0.3 is 0 Å². The summed E-state index contributed by atoms with van der Waals surface area (Å²) in [6.45, 7) is 16.8. The van der Waals surface area contributed by atoms with Crippen molar-refractivity contribution in [3.8, 4) is 0 Å². The molecule has 0 unspecified atom stereocenters. The van der Waals surface area contributed by atoms with Crippen LogP contribution >= 0.6 is 0 Å². The standard InChI is InChI=1S/C18H31N3/c1-6-13-21(18(15-19)16(4)5)14-9-11-20-12-10-17(7-2)8-3/h7,10,12,15H,2,4,6,8-9,11,13-14,19H2,1,3,5H3/b17-10+,18-15-,20-12?. The van der Waals surface area contributed by atoms with Crippen molar-refractivity contribution in [2.45, 2.75) is 40.0 Å². The highest BCUT2D eigenvalue weighted by atomic mass is 15.1. The van der Waals surface area contributed by atoms with E-state index in [1.807, 2.05) is 25.3 Å². The number of hydrogen-bond acceptors (Lipinski definition) is 3. The van der Waals surface area contributed by atoms with E-state index in [9.17, 15) is 0 Å². The molecule has 0 radical (unpaired) electrons. The van der Waals surface area contributed by atoms with Crippen molar-refractivity contribution in [2.75, 3.05) is 19.6 Å². The van der Waals surface area contributed by atoms with Gasteiger partial charge in [-0.3, -0.25) is 4.99 Å². The first-order chi connectivity index (χ1) is 10.1. The van der Waals surface area contributed by atoms with Crippen LogP contribution in [0.1, 0.15) is 40.0 Å². The zero-order valence-corrected chi connectivity index (χ0v) is 13.9. The van der Waals surface area contributed by atoms with Gasteiger partial charge in [-0.25, -0.2) is 0 Å². The first-order valence-electron chi connectivity index (χ1n) is 7.74. The third-order valence-corrected chi connectivity index (χ3v) is 3.21. The highest BCUT2D eigenvalue weighted by Gasteiger charge is 2.08. The Morgan fingerprint density at radius 2 is 2.00 bits per heavy atom. The molecule has 0 aliphatic heterocycles. The fourth-order valence-corrected chi connectivity index (χ4v) is 2.05. The minimum atomic E-state index is 0.818. The van der Waals surface area contributed by atoms with Gasteiger partial charge in [-0.1, -0.05) is 33.1 Å². The van der Waals surface area contributed by atoms with Crippen LogP contribution in [0.25, 0.3) is 0 Å². The minimum Gasteiger partial charge on any atom is -0.403 e. The van der Waals surface area contributed by atoms with Gasteiger partial charge in [-0.05, 0) is 43.4 Å². The molecule has 3 heteroatoms. The lowest BCUT2D eigenvalue weighted by Gasteiger charge is -2.26. The van der Waals surface area contributed by atoms with Crippen molar-refractivity contribution >= 4 is 6.21 Å². The Morgan fingerprint density at radius 1 is 1.29 bits per heavy atom. The first-order valence-corrected chi connectivity index (χ1v) is 7.74. The smallest absolute Gasteiger partial charge is 0.0547 e. The molecule has 0 saturated carbocycles. The summed E-state index contributed by atoms with van der Waals surface area (Å²) in [7, 11) is 0. The maximum Gasteiger partial charge on any atom is 0.0547 e. The van der Waals surface area contributed by atoms with E-state index < -0.39 is 0 Å². The van der Waals surface area contributed by atoms with Gasteiger partial charge in [0.15, 0.2) is 0 Å². The van der Waals surface area contributed by atoms with Gasteiger partial charge in [0, 0.05) is 32.0 Å². The van der Waals surface area contributed by atoms with E-state index >= 15 is 0 Å². The molecule has 0 heterocycles. The zero-order chi connectivity index (χ0) is 16.1. The van der Waals surface area contributed by atoms with Gasteiger partial charge in [-0.2, -0.15) is 0 Å². The Kier molecular flexibility index (Phi) is 11.0. The first kappa shape index (κ1) is 19.2. The molecule has 0 aromatic rings. The monoisotopic (exact) mass is 289 g/mol. The van der Waals surface area contributed by atoms with Crippen LogP contribution in [-0.4, -0.2) is 30.7 Å². The maximum absolute atomic E-state index is 5.71. The summed E-state index contributed by atoms with van der Waals surface area (Å²) < 4.78 is 0. The molecule has 0 atom stereocenters. The second-order valence-corrected chi connectivity index (χ2v) is 5.03. The van der Waals surface area contributed by atoms with Gasteiger partial charge in [0.05, 0.1) is 5.70 Å². The number of nitrogens with zero attached hydrogens (tertiary/aromatic N) is 2. The summed E-state index contributed by atoms with van der Waals surface area (Å²) in [4.78, 5) is 6.71. The molecule has 0 aliphatic carbocycles. The summed E-state index contributed by atoms with van der Waals surface area (Å²) in [5.74, 6) is 0. The second-order valence-electron chi connectivity index (χ2n) is 5.03. The number of rotatable bonds is 11. The minimum absolute atomic E-state index is 0.818. The molecule has 0 aromatic carbocycles. The average Bonchev–Trinajstić information content (AvgIpc) is 2.46. The van der Waals surface area contributed by atoms with Crippen LogP contribution in [0, 0.1) is 0 Å². The van der Waals surface area contributed by atoms with E-state index in [4.69, 9.17) is 5.73 Å². The van der Waals surface area contributed by atoms with Gasteiger partial charge in [0.1, 0.15) is 0 Å². The maximum atomic E-state index is 5.71. The predicted octanol–water partition coefficient (Wildman–Crippen LogP) is 4.06. The van der Waals surface area contributed by atoms with Crippen molar-refractivity contribution in [3.05, 3.63) is 48.4 Å². The normalized spacial score (nSPS) is 12.7. The lowest BCUT2D eigenvalue weighted by molar-refractivity contribution is 0.346. The quantitative estimate of drug-likeness (QED) is 0.354. The Morgan fingerprint density at radius 3 is 2.48 bits per heavy atom. The summed E-state index contributed by atoms with van der Waals surface area (Å²) in [5.41, 5.74) is 8.97. The highest BCUT2D eigenvalue weighted by molar-refractivity contribution is 5.72. The topological polar surface area (TPSA) is 41.6 Å². The summed E-state index contributed by atoms with van der Waals surface area (Å²) in [5, 5.41) is 0. The molecule has 3 nitrogen and oxygen atoms in total. The van der Waals surface area contributed by atoms with E-state index in [1.54, 1.807) is 6.20 Å². The number of hydrogen-bond donors (Lipinski definition) is 1. The van der Waals surface area contributed by atoms with Crippen LogP contribution in [0.4, 0.5) is 0 Å². The largest absolute Gasteiger partial charge is 0.403 e. The Labute approximate surface area is 130 Å². The predicted molar refractivity (Wildman–Crippen MR) is 95.5 cm³/mol. The van der Waals surface area contributed by atoms with E-state index in [0.717, 1.165) is 50.2 Å². The lowest BCUT2D eigenvalue weighted by atomic mass is 10.2. The van der Waals surface area contributed by atoms with Crippen molar-refractivity contribution in [3.63, 3.8) is 0 Å². The Balaban J connectivity index is 4.33. The van der Waals surface area contributed by atoms with Gasteiger partial charge in [0.2, 0.25) is 0 Å².